The third-order valence-electron chi connectivity index (χ3n) is 5.38. The van der Waals surface area contributed by atoms with Gasteiger partial charge in [0.15, 0.2) is 0 Å². The lowest BCUT2D eigenvalue weighted by atomic mass is 9.70. The van der Waals surface area contributed by atoms with Gasteiger partial charge in [-0.25, -0.2) is 0 Å². The summed E-state index contributed by atoms with van der Waals surface area (Å²) in [5, 5.41) is 3.85. The molecule has 1 N–H and O–H groups in total. The summed E-state index contributed by atoms with van der Waals surface area (Å²) in [6.45, 7) is 8.08. The van der Waals surface area contributed by atoms with Gasteiger partial charge in [0.05, 0.1) is 0 Å². The number of benzene rings is 1. The van der Waals surface area contributed by atoms with Gasteiger partial charge in [-0.1, -0.05) is 76.8 Å². The minimum Gasteiger partial charge on any atom is -0.313 e. The van der Waals surface area contributed by atoms with Crippen molar-refractivity contribution in [2.24, 2.45) is 5.92 Å². The highest BCUT2D eigenvalue weighted by atomic mass is 14.9. The van der Waals surface area contributed by atoms with E-state index >= 15 is 0 Å². The zero-order valence-corrected chi connectivity index (χ0v) is 14.2. The summed E-state index contributed by atoms with van der Waals surface area (Å²) in [7, 11) is 0. The fourth-order valence-corrected chi connectivity index (χ4v) is 4.38. The van der Waals surface area contributed by atoms with Gasteiger partial charge < -0.3 is 5.32 Å². The lowest BCUT2D eigenvalue weighted by Gasteiger charge is -2.40. The predicted molar refractivity (Wildman–Crippen MR) is 92.7 cm³/mol. The third-order valence-corrected chi connectivity index (χ3v) is 5.38. The van der Waals surface area contributed by atoms with Crippen molar-refractivity contribution >= 4 is 0 Å². The maximum atomic E-state index is 3.85. The van der Waals surface area contributed by atoms with E-state index in [4.69, 9.17) is 0 Å². The molecule has 0 bridgehead atoms. The first kappa shape index (κ1) is 16.5. The van der Waals surface area contributed by atoms with Gasteiger partial charge in [0.2, 0.25) is 0 Å². The van der Waals surface area contributed by atoms with Gasteiger partial charge in [-0.3, -0.25) is 0 Å². The third kappa shape index (κ3) is 3.88. The molecule has 1 aromatic rings. The van der Waals surface area contributed by atoms with Crippen LogP contribution in [0.3, 0.4) is 0 Å². The maximum absolute atomic E-state index is 3.85. The number of rotatable bonds is 8. The lowest BCUT2D eigenvalue weighted by Crippen LogP contribution is -2.47. The molecule has 2 rings (SSSR count). The van der Waals surface area contributed by atoms with Crippen LogP contribution in [0, 0.1) is 5.92 Å². The number of likely N-dealkylation sites (N-methyl/N-ethyl adjacent to an activating group) is 1. The summed E-state index contributed by atoms with van der Waals surface area (Å²) in [5.74, 6) is 0.820. The fraction of sp³-hybridized carbons (Fsp3) is 0.700. The molecule has 118 valence electrons. The second kappa shape index (κ2) is 7.98. The van der Waals surface area contributed by atoms with E-state index in [1.807, 2.05) is 0 Å². The molecule has 1 aromatic carbocycles. The molecule has 21 heavy (non-hydrogen) atoms. The molecule has 2 unspecified atom stereocenters. The molecule has 0 spiro atoms. The molecule has 0 amide bonds. The van der Waals surface area contributed by atoms with Crippen LogP contribution < -0.4 is 5.32 Å². The Morgan fingerprint density at radius 1 is 1.10 bits per heavy atom. The Hall–Kier alpha value is -0.820. The van der Waals surface area contributed by atoms with Crippen LogP contribution in [-0.4, -0.2) is 12.6 Å². The molecule has 1 fully saturated rings. The van der Waals surface area contributed by atoms with Crippen LogP contribution in [0.25, 0.3) is 0 Å². The van der Waals surface area contributed by atoms with Gasteiger partial charge in [0.1, 0.15) is 0 Å². The summed E-state index contributed by atoms with van der Waals surface area (Å²) >= 11 is 0. The maximum Gasteiger partial charge on any atom is 0.0166 e. The van der Waals surface area contributed by atoms with Crippen LogP contribution in [0.1, 0.15) is 71.3 Å². The first-order chi connectivity index (χ1) is 10.2. The van der Waals surface area contributed by atoms with E-state index in [1.165, 1.54) is 44.9 Å². The molecule has 0 saturated heterocycles. The van der Waals surface area contributed by atoms with E-state index in [0.29, 0.717) is 11.5 Å². The predicted octanol–water partition coefficient (Wildman–Crippen LogP) is 5.30. The zero-order chi connectivity index (χ0) is 15.1. The van der Waals surface area contributed by atoms with E-state index in [-0.39, 0.29) is 0 Å². The highest BCUT2D eigenvalue weighted by Gasteiger charge is 2.42. The Labute approximate surface area is 131 Å². The van der Waals surface area contributed by atoms with Crippen LogP contribution in [0.5, 0.6) is 0 Å². The number of hydrogen-bond acceptors (Lipinski definition) is 1. The molecule has 1 saturated carbocycles. The van der Waals surface area contributed by atoms with Gasteiger partial charge in [0, 0.05) is 11.5 Å². The Morgan fingerprint density at radius 2 is 1.76 bits per heavy atom. The second-order valence-electron chi connectivity index (χ2n) is 6.97. The highest BCUT2D eigenvalue weighted by molar-refractivity contribution is 5.29. The van der Waals surface area contributed by atoms with Crippen LogP contribution in [0.4, 0.5) is 0 Å². The molecule has 0 radical (unpaired) electrons. The van der Waals surface area contributed by atoms with E-state index in [1.54, 1.807) is 5.56 Å². The van der Waals surface area contributed by atoms with Crippen LogP contribution in [-0.2, 0) is 5.41 Å². The fourth-order valence-electron chi connectivity index (χ4n) is 4.38. The minimum atomic E-state index is 0.374. The van der Waals surface area contributed by atoms with Crippen molar-refractivity contribution in [3.8, 4) is 0 Å². The quantitative estimate of drug-likeness (QED) is 0.684. The van der Waals surface area contributed by atoms with E-state index in [9.17, 15) is 0 Å². The number of hydrogen-bond donors (Lipinski definition) is 1. The summed E-state index contributed by atoms with van der Waals surface area (Å²) < 4.78 is 0. The Bertz CT molecular complexity index is 392. The summed E-state index contributed by atoms with van der Waals surface area (Å²) in [6.07, 6.45) is 9.46. The summed E-state index contributed by atoms with van der Waals surface area (Å²) in [5.41, 5.74) is 1.94. The molecule has 1 aliphatic rings. The standard InChI is InChI=1S/C20H33N/c1-4-11-17(3)16-19(21-5-2)20(14-9-10-15-20)18-12-7-6-8-13-18/h6-8,12-13,17,19,21H,4-5,9-11,14-16H2,1-3H3. The summed E-state index contributed by atoms with van der Waals surface area (Å²) in [6, 6.07) is 11.9. The molecular weight excluding hydrogens is 254 g/mol. The Balaban J connectivity index is 2.24. The molecule has 0 heterocycles. The monoisotopic (exact) mass is 287 g/mol. The SMILES string of the molecule is CCCC(C)CC(NCC)C1(c2ccccc2)CCCC1. The topological polar surface area (TPSA) is 12.0 Å². The minimum absolute atomic E-state index is 0.374. The molecular formula is C20H33N. The molecule has 1 nitrogen and oxygen atoms in total. The van der Waals surface area contributed by atoms with Crippen molar-refractivity contribution in [1.29, 1.82) is 0 Å². The molecule has 0 aliphatic heterocycles. The van der Waals surface area contributed by atoms with E-state index in [2.05, 4.69) is 56.4 Å². The van der Waals surface area contributed by atoms with Gasteiger partial charge >= 0.3 is 0 Å². The molecule has 2 atom stereocenters. The normalized spacial score (nSPS) is 20.3. The van der Waals surface area contributed by atoms with Crippen molar-refractivity contribution in [3.63, 3.8) is 0 Å². The van der Waals surface area contributed by atoms with Crippen LogP contribution >= 0.6 is 0 Å². The van der Waals surface area contributed by atoms with Crippen molar-refractivity contribution < 1.29 is 0 Å². The van der Waals surface area contributed by atoms with Crippen molar-refractivity contribution in [1.82, 2.24) is 5.32 Å². The Kier molecular flexibility index (Phi) is 6.29. The van der Waals surface area contributed by atoms with Gasteiger partial charge in [0.25, 0.3) is 0 Å². The molecule has 1 aliphatic carbocycles. The number of nitrogens with one attached hydrogen (secondary N) is 1. The van der Waals surface area contributed by atoms with Crippen molar-refractivity contribution in [2.45, 2.75) is 77.2 Å². The van der Waals surface area contributed by atoms with Crippen molar-refractivity contribution in [3.05, 3.63) is 35.9 Å². The Morgan fingerprint density at radius 3 is 2.33 bits per heavy atom. The first-order valence-corrected chi connectivity index (χ1v) is 9.02. The van der Waals surface area contributed by atoms with Gasteiger partial charge in [-0.15, -0.1) is 0 Å². The smallest absolute Gasteiger partial charge is 0.0166 e. The average molecular weight is 287 g/mol. The van der Waals surface area contributed by atoms with Crippen LogP contribution in [0.15, 0.2) is 30.3 Å². The lowest BCUT2D eigenvalue weighted by molar-refractivity contribution is 0.251. The van der Waals surface area contributed by atoms with Gasteiger partial charge in [-0.05, 0) is 37.3 Å². The van der Waals surface area contributed by atoms with Crippen LogP contribution in [0.2, 0.25) is 0 Å². The molecule has 1 heteroatoms. The van der Waals surface area contributed by atoms with Gasteiger partial charge in [-0.2, -0.15) is 0 Å². The zero-order valence-electron chi connectivity index (χ0n) is 14.2. The van der Waals surface area contributed by atoms with E-state index < -0.39 is 0 Å². The first-order valence-electron chi connectivity index (χ1n) is 9.02. The molecule has 0 aromatic heterocycles. The average Bonchev–Trinajstić information content (AvgIpc) is 2.99. The summed E-state index contributed by atoms with van der Waals surface area (Å²) in [4.78, 5) is 0. The second-order valence-corrected chi connectivity index (χ2v) is 6.97. The van der Waals surface area contributed by atoms with E-state index in [0.717, 1.165) is 12.5 Å². The largest absolute Gasteiger partial charge is 0.313 e. The van der Waals surface area contributed by atoms with Crippen molar-refractivity contribution in [2.75, 3.05) is 6.54 Å². The highest BCUT2D eigenvalue weighted by Crippen LogP contribution is 2.45.